The van der Waals surface area contributed by atoms with Crippen molar-refractivity contribution >= 4 is 46.8 Å². The Morgan fingerprint density at radius 3 is 2.33 bits per heavy atom. The van der Waals surface area contributed by atoms with Crippen molar-refractivity contribution in [1.82, 2.24) is 4.90 Å². The number of likely N-dealkylation sites (tertiary alicyclic amines) is 1. The molecule has 1 aliphatic heterocycles. The van der Waals surface area contributed by atoms with Crippen LogP contribution in [0.4, 0.5) is 0 Å². The van der Waals surface area contributed by atoms with Crippen LogP contribution >= 0.6 is 35.0 Å². The molecule has 0 aliphatic carbocycles. The minimum absolute atomic E-state index is 0.0268. The molecule has 0 atom stereocenters. The van der Waals surface area contributed by atoms with Gasteiger partial charge < -0.3 is 10.6 Å². The maximum Gasteiger partial charge on any atom is 0.232 e. The molecule has 0 aromatic heterocycles. The first-order chi connectivity index (χ1) is 9.99. The Bertz CT molecular complexity index is 526. The Labute approximate surface area is 137 Å². The summed E-state index contributed by atoms with van der Waals surface area (Å²) >= 11 is 13.5. The number of benzene rings is 1. The largest absolute Gasteiger partial charge is 0.369 e. The second kappa shape index (κ2) is 7.38. The van der Waals surface area contributed by atoms with Crippen molar-refractivity contribution in [2.24, 2.45) is 11.7 Å². The Morgan fingerprint density at radius 2 is 1.81 bits per heavy atom. The predicted octanol–water partition coefficient (Wildman–Crippen LogP) is 2.81. The van der Waals surface area contributed by atoms with Gasteiger partial charge in [-0.25, -0.2) is 0 Å². The van der Waals surface area contributed by atoms with E-state index in [1.165, 1.54) is 11.8 Å². The number of rotatable bonds is 4. The van der Waals surface area contributed by atoms with Crippen molar-refractivity contribution < 1.29 is 9.59 Å². The van der Waals surface area contributed by atoms with E-state index in [0.717, 1.165) is 4.90 Å². The van der Waals surface area contributed by atoms with Crippen molar-refractivity contribution in [2.75, 3.05) is 18.8 Å². The summed E-state index contributed by atoms with van der Waals surface area (Å²) in [7, 11) is 0. The molecule has 1 fully saturated rings. The standard InChI is InChI=1S/C14H16Cl2N2O2S/c15-10-2-1-3-11(16)13(10)21-8-12(19)18-6-4-9(5-7-18)14(17)20/h1-3,9H,4-8H2,(H2,17,20). The van der Waals surface area contributed by atoms with E-state index in [0.29, 0.717) is 36.0 Å². The van der Waals surface area contributed by atoms with Gasteiger partial charge in [-0.1, -0.05) is 29.3 Å². The van der Waals surface area contributed by atoms with Crippen LogP contribution in [-0.2, 0) is 9.59 Å². The zero-order chi connectivity index (χ0) is 15.4. The smallest absolute Gasteiger partial charge is 0.232 e. The van der Waals surface area contributed by atoms with Crippen LogP contribution in [0.2, 0.25) is 10.0 Å². The molecule has 1 saturated heterocycles. The highest BCUT2D eigenvalue weighted by Gasteiger charge is 2.25. The molecule has 0 spiro atoms. The minimum atomic E-state index is -0.278. The Morgan fingerprint density at radius 1 is 1.24 bits per heavy atom. The summed E-state index contributed by atoms with van der Waals surface area (Å²) in [5, 5.41) is 1.10. The molecular weight excluding hydrogens is 331 g/mol. The SMILES string of the molecule is NC(=O)C1CCN(C(=O)CSc2c(Cl)cccc2Cl)CC1. The number of amides is 2. The van der Waals surface area contributed by atoms with E-state index >= 15 is 0 Å². The summed E-state index contributed by atoms with van der Waals surface area (Å²) in [6.45, 7) is 1.15. The number of nitrogens with zero attached hydrogens (tertiary/aromatic N) is 1. The van der Waals surface area contributed by atoms with Crippen LogP contribution < -0.4 is 5.73 Å². The number of primary amides is 1. The molecule has 2 N–H and O–H groups in total. The van der Waals surface area contributed by atoms with E-state index in [-0.39, 0.29) is 23.5 Å². The third-order valence-corrected chi connectivity index (χ3v) is 5.48. The van der Waals surface area contributed by atoms with Gasteiger partial charge in [-0.05, 0) is 25.0 Å². The number of carbonyl (C=O) groups excluding carboxylic acids is 2. The summed E-state index contributed by atoms with van der Waals surface area (Å²) in [5.74, 6) is -0.0806. The molecule has 1 heterocycles. The lowest BCUT2D eigenvalue weighted by Crippen LogP contribution is -2.42. The highest BCUT2D eigenvalue weighted by molar-refractivity contribution is 8.00. The molecule has 0 bridgehead atoms. The summed E-state index contributed by atoms with van der Waals surface area (Å²) in [6, 6.07) is 5.27. The zero-order valence-electron chi connectivity index (χ0n) is 11.4. The molecule has 0 radical (unpaired) electrons. The number of halogens is 2. The van der Waals surface area contributed by atoms with Crippen LogP contribution in [0.1, 0.15) is 12.8 Å². The predicted molar refractivity (Wildman–Crippen MR) is 85.7 cm³/mol. The van der Waals surface area contributed by atoms with Crippen molar-refractivity contribution in [3.8, 4) is 0 Å². The number of nitrogens with two attached hydrogens (primary N) is 1. The number of hydrogen-bond donors (Lipinski definition) is 1. The van der Waals surface area contributed by atoms with Crippen LogP contribution in [0.5, 0.6) is 0 Å². The second-order valence-corrected chi connectivity index (χ2v) is 6.70. The first kappa shape index (κ1) is 16.5. The summed E-state index contributed by atoms with van der Waals surface area (Å²) in [4.78, 5) is 25.8. The number of piperidine rings is 1. The molecular formula is C14H16Cl2N2O2S. The third kappa shape index (κ3) is 4.28. The van der Waals surface area contributed by atoms with Crippen LogP contribution in [0.25, 0.3) is 0 Å². The molecule has 0 unspecified atom stereocenters. The van der Waals surface area contributed by atoms with Crippen molar-refractivity contribution in [1.29, 1.82) is 0 Å². The lowest BCUT2D eigenvalue weighted by Gasteiger charge is -2.30. The highest BCUT2D eigenvalue weighted by atomic mass is 35.5. The zero-order valence-corrected chi connectivity index (χ0v) is 13.7. The maximum absolute atomic E-state index is 12.2. The summed E-state index contributed by atoms with van der Waals surface area (Å²) in [5.41, 5.74) is 5.28. The van der Waals surface area contributed by atoms with Gasteiger partial charge in [0.1, 0.15) is 0 Å². The average Bonchev–Trinajstić information content (AvgIpc) is 2.46. The van der Waals surface area contributed by atoms with Crippen molar-refractivity contribution in [3.63, 3.8) is 0 Å². The molecule has 114 valence electrons. The van der Waals surface area contributed by atoms with Gasteiger partial charge in [0.25, 0.3) is 0 Å². The van der Waals surface area contributed by atoms with Crippen molar-refractivity contribution in [2.45, 2.75) is 17.7 Å². The van der Waals surface area contributed by atoms with Gasteiger partial charge in [-0.15, -0.1) is 11.8 Å². The van der Waals surface area contributed by atoms with E-state index in [4.69, 9.17) is 28.9 Å². The van der Waals surface area contributed by atoms with Gasteiger partial charge in [-0.3, -0.25) is 9.59 Å². The van der Waals surface area contributed by atoms with Crippen LogP contribution in [-0.4, -0.2) is 35.6 Å². The molecule has 21 heavy (non-hydrogen) atoms. The van der Waals surface area contributed by atoms with Crippen molar-refractivity contribution in [3.05, 3.63) is 28.2 Å². The normalized spacial score (nSPS) is 16.0. The molecule has 0 saturated carbocycles. The van der Waals surface area contributed by atoms with Crippen LogP contribution in [0.15, 0.2) is 23.1 Å². The van der Waals surface area contributed by atoms with Crippen LogP contribution in [0.3, 0.4) is 0 Å². The first-order valence-corrected chi connectivity index (χ1v) is 8.37. The molecule has 1 aromatic carbocycles. The maximum atomic E-state index is 12.2. The highest BCUT2D eigenvalue weighted by Crippen LogP contribution is 2.34. The van der Waals surface area contributed by atoms with Gasteiger partial charge in [0.15, 0.2) is 0 Å². The lowest BCUT2D eigenvalue weighted by atomic mass is 9.96. The second-order valence-electron chi connectivity index (χ2n) is 4.90. The van der Waals surface area contributed by atoms with E-state index in [1.54, 1.807) is 23.1 Å². The number of thioether (sulfide) groups is 1. The van der Waals surface area contributed by atoms with E-state index < -0.39 is 0 Å². The Hall–Kier alpha value is -0.910. The van der Waals surface area contributed by atoms with Gasteiger partial charge >= 0.3 is 0 Å². The Kier molecular flexibility index (Phi) is 5.79. The van der Waals surface area contributed by atoms with Crippen LogP contribution in [0, 0.1) is 5.92 Å². The average molecular weight is 347 g/mol. The van der Waals surface area contributed by atoms with E-state index in [1.807, 2.05) is 0 Å². The monoisotopic (exact) mass is 346 g/mol. The first-order valence-electron chi connectivity index (χ1n) is 6.63. The molecule has 1 aromatic rings. The molecule has 7 heteroatoms. The number of carbonyl (C=O) groups is 2. The summed E-state index contributed by atoms with van der Waals surface area (Å²) < 4.78 is 0. The topological polar surface area (TPSA) is 63.4 Å². The Balaban J connectivity index is 1.87. The fraction of sp³-hybridized carbons (Fsp3) is 0.429. The number of hydrogen-bond acceptors (Lipinski definition) is 3. The molecule has 1 aliphatic rings. The molecule has 4 nitrogen and oxygen atoms in total. The van der Waals surface area contributed by atoms with E-state index in [9.17, 15) is 9.59 Å². The third-order valence-electron chi connectivity index (χ3n) is 3.51. The summed E-state index contributed by atoms with van der Waals surface area (Å²) in [6.07, 6.45) is 1.27. The van der Waals surface area contributed by atoms with E-state index in [2.05, 4.69) is 0 Å². The minimum Gasteiger partial charge on any atom is -0.369 e. The van der Waals surface area contributed by atoms with Gasteiger partial charge in [0.2, 0.25) is 11.8 Å². The van der Waals surface area contributed by atoms with Gasteiger partial charge in [0, 0.05) is 23.9 Å². The fourth-order valence-electron chi connectivity index (χ4n) is 2.26. The lowest BCUT2D eigenvalue weighted by molar-refractivity contribution is -0.132. The molecule has 2 amide bonds. The fourth-order valence-corrected chi connectivity index (χ4v) is 3.85. The molecule has 2 rings (SSSR count). The van der Waals surface area contributed by atoms with Gasteiger partial charge in [-0.2, -0.15) is 0 Å². The van der Waals surface area contributed by atoms with Gasteiger partial charge in [0.05, 0.1) is 15.8 Å². The quantitative estimate of drug-likeness (QED) is 0.852.